The van der Waals surface area contributed by atoms with Crippen LogP contribution in [-0.2, 0) is 0 Å². The first kappa shape index (κ1) is 7.69. The number of hydrogen-bond donors (Lipinski definition) is 0. The maximum Gasteiger partial charge on any atom is 0.0198 e. The van der Waals surface area contributed by atoms with E-state index in [-0.39, 0.29) is 0 Å². The lowest BCUT2D eigenvalue weighted by atomic mass is 10.2. The fourth-order valence-corrected chi connectivity index (χ4v) is 1.29. The van der Waals surface area contributed by atoms with Gasteiger partial charge < -0.3 is 0 Å². The van der Waals surface area contributed by atoms with Crippen LogP contribution in [0.2, 0.25) is 0 Å². The molecule has 0 saturated heterocycles. The molecule has 0 bridgehead atoms. The summed E-state index contributed by atoms with van der Waals surface area (Å²) in [5.74, 6) is 0.793. The Bertz CT molecular complexity index is 37.3. The molecule has 0 radical (unpaired) electrons. The smallest absolute Gasteiger partial charge is 0.0198 e. The maximum atomic E-state index is 2.29. The molecular formula is C5H12IN. The third kappa shape index (κ3) is 6.69. The maximum absolute atomic E-state index is 2.29. The molecule has 0 unspecified atom stereocenters. The number of rotatable bonds is 2. The summed E-state index contributed by atoms with van der Waals surface area (Å²) in [6, 6.07) is 0. The molecule has 0 aliphatic rings. The minimum absolute atomic E-state index is 0.793. The van der Waals surface area contributed by atoms with Crippen molar-refractivity contribution in [1.82, 2.24) is 3.11 Å². The van der Waals surface area contributed by atoms with Gasteiger partial charge in [0.15, 0.2) is 0 Å². The lowest BCUT2D eigenvalue weighted by Crippen LogP contribution is -2.10. The zero-order valence-corrected chi connectivity index (χ0v) is 7.27. The molecule has 0 N–H and O–H groups in total. The molecule has 0 fully saturated rings. The SMILES string of the molecule is CC(C)CN(C)I. The summed E-state index contributed by atoms with van der Waals surface area (Å²) in [4.78, 5) is 0. The monoisotopic (exact) mass is 213 g/mol. The van der Waals surface area contributed by atoms with Gasteiger partial charge in [-0.2, -0.15) is 0 Å². The Morgan fingerprint density at radius 2 is 2.00 bits per heavy atom. The van der Waals surface area contributed by atoms with E-state index in [1.807, 2.05) is 0 Å². The number of hydrogen-bond acceptors (Lipinski definition) is 1. The van der Waals surface area contributed by atoms with Crippen molar-refractivity contribution in [2.75, 3.05) is 13.6 Å². The molecule has 0 rings (SSSR count). The van der Waals surface area contributed by atoms with Crippen molar-refractivity contribution in [2.24, 2.45) is 5.92 Å². The largest absolute Gasteiger partial charge is 0.250 e. The highest BCUT2D eigenvalue weighted by Crippen LogP contribution is 1.99. The van der Waals surface area contributed by atoms with Gasteiger partial charge in [0.1, 0.15) is 0 Å². The van der Waals surface area contributed by atoms with Gasteiger partial charge in [-0.15, -0.1) is 0 Å². The van der Waals surface area contributed by atoms with E-state index in [0.717, 1.165) is 5.92 Å². The molecule has 2 heteroatoms. The molecule has 0 aromatic heterocycles. The molecular weight excluding hydrogens is 201 g/mol. The van der Waals surface area contributed by atoms with E-state index in [1.54, 1.807) is 0 Å². The molecule has 0 aromatic rings. The van der Waals surface area contributed by atoms with Gasteiger partial charge in [0.05, 0.1) is 0 Å². The molecule has 7 heavy (non-hydrogen) atoms. The van der Waals surface area contributed by atoms with E-state index >= 15 is 0 Å². The highest BCUT2D eigenvalue weighted by Gasteiger charge is 1.93. The standard InChI is InChI=1S/C5H12IN/c1-5(2)4-7(3)6/h5H,4H2,1-3H3. The summed E-state index contributed by atoms with van der Waals surface area (Å²) < 4.78 is 2.17. The first-order valence-electron chi connectivity index (χ1n) is 2.50. The van der Waals surface area contributed by atoms with Gasteiger partial charge in [0, 0.05) is 29.4 Å². The molecule has 0 spiro atoms. The van der Waals surface area contributed by atoms with Gasteiger partial charge in [-0.05, 0) is 13.0 Å². The summed E-state index contributed by atoms with van der Waals surface area (Å²) >= 11 is 2.29. The van der Waals surface area contributed by atoms with E-state index in [0.29, 0.717) is 0 Å². The van der Waals surface area contributed by atoms with Gasteiger partial charge in [-0.3, -0.25) is 3.11 Å². The Labute approximate surface area is 59.6 Å². The Hall–Kier alpha value is 0.690. The predicted octanol–water partition coefficient (Wildman–Crippen LogP) is 1.92. The highest BCUT2D eigenvalue weighted by molar-refractivity contribution is 14.1. The van der Waals surface area contributed by atoms with Crippen LogP contribution in [0.4, 0.5) is 0 Å². The second-order valence-electron chi connectivity index (χ2n) is 2.18. The Morgan fingerprint density at radius 3 is 2.00 bits per heavy atom. The number of halogens is 1. The van der Waals surface area contributed by atoms with Crippen LogP contribution >= 0.6 is 22.9 Å². The molecule has 0 aliphatic heterocycles. The van der Waals surface area contributed by atoms with Crippen molar-refractivity contribution >= 4 is 22.9 Å². The van der Waals surface area contributed by atoms with Crippen LogP contribution < -0.4 is 0 Å². The quantitative estimate of drug-likeness (QED) is 0.500. The summed E-state index contributed by atoms with van der Waals surface area (Å²) in [6.07, 6.45) is 0. The van der Waals surface area contributed by atoms with Crippen LogP contribution in [-0.4, -0.2) is 16.7 Å². The van der Waals surface area contributed by atoms with Crippen LogP contribution in [0.1, 0.15) is 13.8 Å². The van der Waals surface area contributed by atoms with Crippen molar-refractivity contribution < 1.29 is 0 Å². The van der Waals surface area contributed by atoms with Crippen molar-refractivity contribution in [1.29, 1.82) is 0 Å². The molecule has 1 nitrogen and oxygen atoms in total. The second kappa shape index (κ2) is 3.66. The van der Waals surface area contributed by atoms with Crippen LogP contribution in [0, 0.1) is 5.92 Å². The summed E-state index contributed by atoms with van der Waals surface area (Å²) in [5, 5.41) is 0. The lowest BCUT2D eigenvalue weighted by molar-refractivity contribution is 0.493. The zero-order valence-electron chi connectivity index (χ0n) is 5.11. The van der Waals surface area contributed by atoms with Crippen molar-refractivity contribution in [3.05, 3.63) is 0 Å². The van der Waals surface area contributed by atoms with Gasteiger partial charge in [0.25, 0.3) is 0 Å². The van der Waals surface area contributed by atoms with Crippen LogP contribution in [0.25, 0.3) is 0 Å². The Kier molecular flexibility index (Phi) is 4.02. The minimum Gasteiger partial charge on any atom is -0.250 e. The average Bonchev–Trinajstić information content (AvgIpc) is 1.27. The molecule has 0 saturated carbocycles. The van der Waals surface area contributed by atoms with Crippen molar-refractivity contribution in [3.8, 4) is 0 Å². The van der Waals surface area contributed by atoms with Gasteiger partial charge in [-0.1, -0.05) is 13.8 Å². The van der Waals surface area contributed by atoms with Gasteiger partial charge in [-0.25, -0.2) is 0 Å². The molecule has 0 heterocycles. The summed E-state index contributed by atoms with van der Waals surface area (Å²) in [5.41, 5.74) is 0. The van der Waals surface area contributed by atoms with Gasteiger partial charge in [0.2, 0.25) is 0 Å². The van der Waals surface area contributed by atoms with Gasteiger partial charge >= 0.3 is 0 Å². The van der Waals surface area contributed by atoms with Crippen molar-refractivity contribution in [3.63, 3.8) is 0 Å². The lowest BCUT2D eigenvalue weighted by Gasteiger charge is -2.08. The third-order valence-corrected chi connectivity index (χ3v) is 1.01. The molecule has 0 atom stereocenters. The first-order chi connectivity index (χ1) is 3.13. The fraction of sp³-hybridized carbons (Fsp3) is 1.00. The Morgan fingerprint density at radius 1 is 1.57 bits per heavy atom. The topological polar surface area (TPSA) is 3.24 Å². The molecule has 0 aromatic carbocycles. The van der Waals surface area contributed by atoms with Crippen LogP contribution in [0.5, 0.6) is 0 Å². The predicted molar refractivity (Wildman–Crippen MR) is 41.5 cm³/mol. The fourth-order valence-electron chi connectivity index (χ4n) is 0.503. The van der Waals surface area contributed by atoms with Crippen LogP contribution in [0.3, 0.4) is 0 Å². The van der Waals surface area contributed by atoms with E-state index in [9.17, 15) is 0 Å². The van der Waals surface area contributed by atoms with Crippen molar-refractivity contribution in [2.45, 2.75) is 13.8 Å². The zero-order chi connectivity index (χ0) is 5.86. The Balaban J connectivity index is 2.95. The van der Waals surface area contributed by atoms with Crippen LogP contribution in [0.15, 0.2) is 0 Å². The van der Waals surface area contributed by atoms with E-state index in [1.165, 1.54) is 6.54 Å². The summed E-state index contributed by atoms with van der Waals surface area (Å²) in [6.45, 7) is 5.62. The average molecular weight is 213 g/mol. The molecule has 0 aliphatic carbocycles. The van der Waals surface area contributed by atoms with E-state index in [2.05, 4.69) is 46.9 Å². The number of nitrogens with zero attached hydrogens (tertiary/aromatic N) is 1. The molecule has 0 amide bonds. The normalized spacial score (nSPS) is 11.1. The third-order valence-electron chi connectivity index (χ3n) is 0.617. The summed E-state index contributed by atoms with van der Waals surface area (Å²) in [7, 11) is 2.08. The molecule has 44 valence electrons. The first-order valence-corrected chi connectivity index (χ1v) is 3.46. The minimum atomic E-state index is 0.793. The highest BCUT2D eigenvalue weighted by atomic mass is 127. The van der Waals surface area contributed by atoms with E-state index in [4.69, 9.17) is 0 Å². The second-order valence-corrected chi connectivity index (χ2v) is 3.83. The van der Waals surface area contributed by atoms with E-state index < -0.39 is 0 Å².